The van der Waals surface area contributed by atoms with Gasteiger partial charge in [0.2, 0.25) is 0 Å². The lowest BCUT2D eigenvalue weighted by molar-refractivity contribution is -0.177. The normalized spacial score (nSPS) is 30.7. The first kappa shape index (κ1) is 20.2. The second kappa shape index (κ2) is 7.63. The maximum Gasteiger partial charge on any atom is 0.345 e. The van der Waals surface area contributed by atoms with Crippen LogP contribution in [0.4, 0.5) is 13.2 Å². The maximum atomic E-state index is 12.7. The van der Waals surface area contributed by atoms with Crippen LogP contribution in [0.25, 0.3) is 0 Å². The molecule has 2 N–H and O–H groups in total. The summed E-state index contributed by atoms with van der Waals surface area (Å²) in [4.78, 5) is 9.75. The third-order valence-corrected chi connectivity index (χ3v) is 6.44. The Morgan fingerprint density at radius 2 is 2.00 bits per heavy atom. The summed E-state index contributed by atoms with van der Waals surface area (Å²) in [5.74, 6) is 1.06. The smallest absolute Gasteiger partial charge is 0.345 e. The van der Waals surface area contributed by atoms with Gasteiger partial charge in [-0.25, -0.2) is 4.99 Å². The lowest BCUT2D eigenvalue weighted by Gasteiger charge is -2.44. The van der Waals surface area contributed by atoms with Crippen molar-refractivity contribution in [2.75, 3.05) is 13.3 Å². The molecule has 0 bridgehead atoms. The Hall–Kier alpha value is -2.09. The van der Waals surface area contributed by atoms with Crippen LogP contribution in [-0.2, 0) is 16.8 Å². The zero-order valence-electron chi connectivity index (χ0n) is 16.5. The minimum atomic E-state index is -2.76. The third kappa shape index (κ3) is 3.41. The minimum absolute atomic E-state index is 0.299. The van der Waals surface area contributed by atoms with Crippen molar-refractivity contribution in [3.8, 4) is 5.75 Å². The van der Waals surface area contributed by atoms with Crippen LogP contribution < -0.4 is 10.5 Å². The van der Waals surface area contributed by atoms with E-state index in [-0.39, 0.29) is 5.41 Å². The number of rotatable bonds is 6. The lowest BCUT2D eigenvalue weighted by Crippen LogP contribution is -2.43. The standard InChI is InChI=1S/C21H26F3N3O2/c1-13-18(25)27-21(26-13)17-11-16(28-10-2-9-22)4-3-14(17)12-20(21)7-5-15(6-8-20)29-19(23)24/h3-4,11,15,19H,2,5-10,12H2,1H3,(H2,25,27)/t15?,20?,21-/m1/s1. The van der Waals surface area contributed by atoms with Gasteiger partial charge in [0, 0.05) is 17.4 Å². The zero-order chi connectivity index (χ0) is 20.6. The second-order valence-corrected chi connectivity index (χ2v) is 8.13. The monoisotopic (exact) mass is 409 g/mol. The molecule has 158 valence electrons. The molecule has 4 rings (SSSR count). The molecule has 2 aliphatic carbocycles. The van der Waals surface area contributed by atoms with Crippen LogP contribution in [0.2, 0.25) is 0 Å². The number of nitrogens with zero attached hydrogens (tertiary/aromatic N) is 2. The molecule has 1 aromatic rings. The van der Waals surface area contributed by atoms with Crippen molar-refractivity contribution in [1.82, 2.24) is 0 Å². The zero-order valence-corrected chi connectivity index (χ0v) is 16.5. The molecular weight excluding hydrogens is 383 g/mol. The number of hydrogen-bond acceptors (Lipinski definition) is 5. The quantitative estimate of drug-likeness (QED) is 0.718. The predicted octanol–water partition coefficient (Wildman–Crippen LogP) is 4.13. The number of halogens is 3. The molecule has 2 spiro atoms. The molecule has 0 unspecified atom stereocenters. The Kier molecular flexibility index (Phi) is 5.31. The Labute approximate surface area is 168 Å². The number of aliphatic imine (C=N–C) groups is 2. The summed E-state index contributed by atoms with van der Waals surface area (Å²) in [5, 5.41) is 0. The highest BCUT2D eigenvalue weighted by molar-refractivity contribution is 6.41. The molecule has 0 amide bonds. The molecule has 8 heteroatoms. The largest absolute Gasteiger partial charge is 0.493 e. The molecule has 1 aromatic carbocycles. The van der Waals surface area contributed by atoms with Crippen molar-refractivity contribution in [1.29, 1.82) is 0 Å². The van der Waals surface area contributed by atoms with Gasteiger partial charge in [-0.05, 0) is 56.7 Å². The fraction of sp³-hybridized carbons (Fsp3) is 0.619. The summed E-state index contributed by atoms with van der Waals surface area (Å²) in [6.45, 7) is -1.04. The van der Waals surface area contributed by atoms with E-state index in [4.69, 9.17) is 25.2 Å². The van der Waals surface area contributed by atoms with Gasteiger partial charge in [-0.15, -0.1) is 0 Å². The molecule has 5 nitrogen and oxygen atoms in total. The van der Waals surface area contributed by atoms with E-state index in [1.165, 1.54) is 0 Å². The predicted molar refractivity (Wildman–Crippen MR) is 104 cm³/mol. The van der Waals surface area contributed by atoms with Crippen molar-refractivity contribution in [3.63, 3.8) is 0 Å². The molecule has 0 aromatic heterocycles. The van der Waals surface area contributed by atoms with Crippen LogP contribution in [-0.4, -0.2) is 37.5 Å². The first-order valence-corrected chi connectivity index (χ1v) is 10.1. The van der Waals surface area contributed by atoms with Crippen molar-refractivity contribution < 1.29 is 22.6 Å². The van der Waals surface area contributed by atoms with Gasteiger partial charge < -0.3 is 15.2 Å². The average molecular weight is 409 g/mol. The van der Waals surface area contributed by atoms with Crippen LogP contribution in [0.5, 0.6) is 5.75 Å². The number of nitrogens with two attached hydrogens (primary N) is 1. The molecule has 29 heavy (non-hydrogen) atoms. The van der Waals surface area contributed by atoms with E-state index in [0.29, 0.717) is 56.0 Å². The molecule has 1 aliphatic heterocycles. The molecule has 0 saturated heterocycles. The SMILES string of the molecule is CC1=N[C@@]2(N=C1N)c1cc(OCCCF)ccc1CC21CCC(OC(F)F)CC1. The molecule has 3 aliphatic rings. The second-order valence-electron chi connectivity index (χ2n) is 8.13. The molecule has 1 fully saturated rings. The highest BCUT2D eigenvalue weighted by Gasteiger charge is 2.60. The van der Waals surface area contributed by atoms with E-state index in [2.05, 4.69) is 0 Å². The highest BCUT2D eigenvalue weighted by atomic mass is 19.3. The summed E-state index contributed by atoms with van der Waals surface area (Å²) in [6.07, 6.45) is 3.04. The van der Waals surface area contributed by atoms with Crippen LogP contribution in [0.15, 0.2) is 28.2 Å². The third-order valence-electron chi connectivity index (χ3n) is 6.44. The summed E-state index contributed by atoms with van der Waals surface area (Å²) in [7, 11) is 0. The highest BCUT2D eigenvalue weighted by Crippen LogP contribution is 2.62. The summed E-state index contributed by atoms with van der Waals surface area (Å²) < 4.78 is 48.2. The Morgan fingerprint density at radius 3 is 2.62 bits per heavy atom. The fourth-order valence-electron chi connectivity index (χ4n) is 5.03. The topological polar surface area (TPSA) is 69.2 Å². The molecule has 1 atom stereocenters. The van der Waals surface area contributed by atoms with Gasteiger partial charge in [-0.2, -0.15) is 8.78 Å². The van der Waals surface area contributed by atoms with Gasteiger partial charge in [0.1, 0.15) is 11.6 Å². The molecule has 0 radical (unpaired) electrons. The van der Waals surface area contributed by atoms with Gasteiger partial charge in [0.05, 0.1) is 25.1 Å². The van der Waals surface area contributed by atoms with Crippen LogP contribution in [0.3, 0.4) is 0 Å². The summed E-state index contributed by atoms with van der Waals surface area (Å²) in [5.41, 5.74) is 7.71. The molecular formula is C21H26F3N3O2. The number of hydrogen-bond donors (Lipinski definition) is 1. The lowest BCUT2D eigenvalue weighted by atomic mass is 9.65. The van der Waals surface area contributed by atoms with Gasteiger partial charge in [0.25, 0.3) is 0 Å². The van der Waals surface area contributed by atoms with E-state index in [1.54, 1.807) is 0 Å². The van der Waals surface area contributed by atoms with Crippen molar-refractivity contribution >= 4 is 11.5 Å². The van der Waals surface area contributed by atoms with Gasteiger partial charge >= 0.3 is 6.61 Å². The van der Waals surface area contributed by atoms with E-state index in [1.807, 2.05) is 25.1 Å². The Bertz CT molecular complexity index is 814. The van der Waals surface area contributed by atoms with Crippen molar-refractivity contribution in [2.45, 2.75) is 63.8 Å². The van der Waals surface area contributed by atoms with Crippen molar-refractivity contribution in [2.24, 2.45) is 21.1 Å². The summed E-state index contributed by atoms with van der Waals surface area (Å²) >= 11 is 0. The van der Waals surface area contributed by atoms with E-state index in [9.17, 15) is 13.2 Å². The fourth-order valence-corrected chi connectivity index (χ4v) is 5.03. The van der Waals surface area contributed by atoms with Crippen LogP contribution >= 0.6 is 0 Å². The minimum Gasteiger partial charge on any atom is -0.493 e. The average Bonchev–Trinajstić information content (AvgIpc) is 3.12. The van der Waals surface area contributed by atoms with Crippen molar-refractivity contribution in [3.05, 3.63) is 29.3 Å². The number of fused-ring (bicyclic) bond motifs is 3. The number of ether oxygens (including phenoxy) is 2. The Morgan fingerprint density at radius 1 is 1.24 bits per heavy atom. The Balaban J connectivity index is 1.68. The van der Waals surface area contributed by atoms with Gasteiger partial charge in [-0.3, -0.25) is 9.38 Å². The number of benzene rings is 1. The number of alkyl halides is 3. The first-order valence-electron chi connectivity index (χ1n) is 10.1. The van der Waals surface area contributed by atoms with E-state index < -0.39 is 25.1 Å². The number of amidine groups is 1. The summed E-state index contributed by atoms with van der Waals surface area (Å²) in [6, 6.07) is 5.82. The van der Waals surface area contributed by atoms with E-state index >= 15 is 0 Å². The van der Waals surface area contributed by atoms with E-state index in [0.717, 1.165) is 17.5 Å². The first-order chi connectivity index (χ1) is 13.9. The van der Waals surface area contributed by atoms with Gasteiger partial charge in [0.15, 0.2) is 5.66 Å². The molecule has 1 saturated carbocycles. The maximum absolute atomic E-state index is 12.7. The van der Waals surface area contributed by atoms with Gasteiger partial charge in [-0.1, -0.05) is 6.07 Å². The van der Waals surface area contributed by atoms with Crippen LogP contribution in [0.1, 0.15) is 50.2 Å². The molecule has 1 heterocycles. The van der Waals surface area contributed by atoms with Crippen LogP contribution in [0, 0.1) is 5.41 Å².